The molecule has 1 aromatic heterocycles. The van der Waals surface area contributed by atoms with E-state index in [0.29, 0.717) is 5.56 Å². The van der Waals surface area contributed by atoms with Crippen LogP contribution in [0.4, 0.5) is 0 Å². The van der Waals surface area contributed by atoms with E-state index in [1.54, 1.807) is 6.07 Å². The number of rotatable bonds is 4. The molecule has 1 aliphatic heterocycles. The van der Waals surface area contributed by atoms with Gasteiger partial charge in [0.15, 0.2) is 0 Å². The van der Waals surface area contributed by atoms with Crippen molar-refractivity contribution < 1.29 is 10.2 Å². The largest absolute Gasteiger partial charge is 0.508 e. The van der Waals surface area contributed by atoms with Crippen LogP contribution >= 0.6 is 0 Å². The highest BCUT2D eigenvalue weighted by Crippen LogP contribution is 2.29. The Labute approximate surface area is 123 Å². The standard InChI is InChI=1S/C15H20N4O2/c1-9(12-8-11(20)5-6-13(12)21)16-10(2)15-18-17-14-4-3-7-19(14)15/h5-6,8-10,16,20-21H,3-4,7H2,1-2H3. The highest BCUT2D eigenvalue weighted by molar-refractivity contribution is 5.40. The van der Waals surface area contributed by atoms with E-state index in [2.05, 4.69) is 20.1 Å². The predicted molar refractivity (Wildman–Crippen MR) is 78.1 cm³/mol. The minimum absolute atomic E-state index is 0.0149. The van der Waals surface area contributed by atoms with Crippen molar-refractivity contribution in [2.24, 2.45) is 0 Å². The minimum Gasteiger partial charge on any atom is -0.508 e. The monoisotopic (exact) mass is 288 g/mol. The third kappa shape index (κ3) is 2.58. The van der Waals surface area contributed by atoms with Crippen molar-refractivity contribution in [2.45, 2.75) is 45.3 Å². The summed E-state index contributed by atoms with van der Waals surface area (Å²) in [5, 5.41) is 31.4. The fraction of sp³-hybridized carbons (Fsp3) is 0.467. The first-order valence-corrected chi connectivity index (χ1v) is 7.26. The van der Waals surface area contributed by atoms with Gasteiger partial charge in [-0.25, -0.2) is 0 Å². The molecule has 2 heterocycles. The van der Waals surface area contributed by atoms with Crippen LogP contribution in [-0.4, -0.2) is 25.0 Å². The van der Waals surface area contributed by atoms with E-state index in [1.807, 2.05) is 13.8 Å². The molecule has 1 aromatic carbocycles. The molecule has 0 radical (unpaired) electrons. The van der Waals surface area contributed by atoms with Gasteiger partial charge in [-0.05, 0) is 38.5 Å². The average molecular weight is 288 g/mol. The molecule has 0 spiro atoms. The number of fused-ring (bicyclic) bond motifs is 1. The van der Waals surface area contributed by atoms with Gasteiger partial charge in [0.25, 0.3) is 0 Å². The number of hydrogen-bond acceptors (Lipinski definition) is 5. The van der Waals surface area contributed by atoms with Crippen molar-refractivity contribution in [2.75, 3.05) is 0 Å². The van der Waals surface area contributed by atoms with E-state index in [0.717, 1.165) is 31.0 Å². The van der Waals surface area contributed by atoms with Crippen LogP contribution in [0.25, 0.3) is 0 Å². The van der Waals surface area contributed by atoms with Crippen molar-refractivity contribution in [3.8, 4) is 11.5 Å². The maximum absolute atomic E-state index is 9.92. The maximum Gasteiger partial charge on any atom is 0.149 e. The first-order valence-electron chi connectivity index (χ1n) is 7.26. The topological polar surface area (TPSA) is 83.2 Å². The Morgan fingerprint density at radius 1 is 1.19 bits per heavy atom. The summed E-state index contributed by atoms with van der Waals surface area (Å²) < 4.78 is 2.16. The van der Waals surface area contributed by atoms with Crippen molar-refractivity contribution in [3.63, 3.8) is 0 Å². The van der Waals surface area contributed by atoms with Gasteiger partial charge in [-0.2, -0.15) is 0 Å². The molecule has 0 amide bonds. The van der Waals surface area contributed by atoms with E-state index >= 15 is 0 Å². The summed E-state index contributed by atoms with van der Waals surface area (Å²) in [5.74, 6) is 2.29. The molecule has 6 nitrogen and oxygen atoms in total. The Kier molecular flexibility index (Phi) is 3.55. The van der Waals surface area contributed by atoms with Gasteiger partial charge in [-0.1, -0.05) is 0 Å². The summed E-state index contributed by atoms with van der Waals surface area (Å²) in [7, 11) is 0. The zero-order valence-corrected chi connectivity index (χ0v) is 12.2. The molecule has 0 aliphatic carbocycles. The fourth-order valence-corrected chi connectivity index (χ4v) is 2.92. The normalized spacial score (nSPS) is 16.7. The van der Waals surface area contributed by atoms with Gasteiger partial charge < -0.3 is 20.1 Å². The van der Waals surface area contributed by atoms with E-state index in [-0.39, 0.29) is 23.6 Å². The van der Waals surface area contributed by atoms with Crippen LogP contribution < -0.4 is 5.32 Å². The van der Waals surface area contributed by atoms with Crippen LogP contribution in [0.5, 0.6) is 11.5 Å². The second kappa shape index (κ2) is 5.37. The molecule has 0 fully saturated rings. The fourth-order valence-electron chi connectivity index (χ4n) is 2.92. The number of nitrogens with one attached hydrogen (secondary N) is 1. The van der Waals surface area contributed by atoms with Gasteiger partial charge in [0.2, 0.25) is 0 Å². The molecule has 2 atom stereocenters. The Hall–Kier alpha value is -2.08. The number of benzene rings is 1. The van der Waals surface area contributed by atoms with Crippen LogP contribution in [-0.2, 0) is 13.0 Å². The molecule has 2 aromatic rings. The van der Waals surface area contributed by atoms with Gasteiger partial charge in [0.05, 0.1) is 6.04 Å². The third-order valence-electron chi connectivity index (χ3n) is 4.00. The van der Waals surface area contributed by atoms with Crippen LogP contribution in [0.2, 0.25) is 0 Å². The van der Waals surface area contributed by atoms with E-state index in [4.69, 9.17) is 0 Å². The average Bonchev–Trinajstić information content (AvgIpc) is 3.03. The van der Waals surface area contributed by atoms with E-state index in [1.165, 1.54) is 12.1 Å². The molecule has 0 saturated heterocycles. The lowest BCUT2D eigenvalue weighted by Crippen LogP contribution is -2.25. The molecule has 3 N–H and O–H groups in total. The van der Waals surface area contributed by atoms with Crippen LogP contribution in [0, 0.1) is 0 Å². The van der Waals surface area contributed by atoms with Gasteiger partial charge in [-0.15, -0.1) is 10.2 Å². The Balaban J connectivity index is 1.77. The Bertz CT molecular complexity index is 653. The zero-order chi connectivity index (χ0) is 15.0. The summed E-state index contributed by atoms with van der Waals surface area (Å²) in [6.45, 7) is 4.95. The first-order chi connectivity index (χ1) is 10.1. The first kappa shape index (κ1) is 13.9. The van der Waals surface area contributed by atoms with Crippen molar-refractivity contribution >= 4 is 0 Å². The quantitative estimate of drug-likeness (QED) is 0.750. The molecule has 6 heteroatoms. The summed E-state index contributed by atoms with van der Waals surface area (Å²) in [4.78, 5) is 0. The lowest BCUT2D eigenvalue weighted by atomic mass is 10.1. The van der Waals surface area contributed by atoms with E-state index < -0.39 is 0 Å². The number of phenols is 2. The number of hydrogen-bond donors (Lipinski definition) is 3. The van der Waals surface area contributed by atoms with Gasteiger partial charge in [0.1, 0.15) is 23.1 Å². The highest BCUT2D eigenvalue weighted by atomic mass is 16.3. The molecule has 21 heavy (non-hydrogen) atoms. The molecule has 1 aliphatic rings. The molecule has 0 saturated carbocycles. The second-order valence-electron chi connectivity index (χ2n) is 5.58. The molecule has 2 unspecified atom stereocenters. The van der Waals surface area contributed by atoms with Crippen molar-refractivity contribution in [3.05, 3.63) is 35.4 Å². The van der Waals surface area contributed by atoms with Crippen LogP contribution in [0.3, 0.4) is 0 Å². The SMILES string of the molecule is CC(NC(C)c1nnc2n1CCC2)c1cc(O)ccc1O. The third-order valence-corrected chi connectivity index (χ3v) is 4.00. The zero-order valence-electron chi connectivity index (χ0n) is 12.2. The maximum atomic E-state index is 9.92. The second-order valence-corrected chi connectivity index (χ2v) is 5.58. The summed E-state index contributed by atoms with van der Waals surface area (Å²) in [6, 6.07) is 4.46. The summed E-state index contributed by atoms with van der Waals surface area (Å²) in [5.41, 5.74) is 0.669. The number of phenolic OH excluding ortho intramolecular Hbond substituents is 2. The molecule has 112 valence electrons. The Morgan fingerprint density at radius 3 is 2.81 bits per heavy atom. The molecular weight excluding hydrogens is 268 g/mol. The van der Waals surface area contributed by atoms with E-state index in [9.17, 15) is 10.2 Å². The van der Waals surface area contributed by atoms with Crippen molar-refractivity contribution in [1.82, 2.24) is 20.1 Å². The molecule has 3 rings (SSSR count). The minimum atomic E-state index is -0.110. The number of nitrogens with zero attached hydrogens (tertiary/aromatic N) is 3. The summed E-state index contributed by atoms with van der Waals surface area (Å²) in [6.07, 6.45) is 2.11. The molecule has 0 bridgehead atoms. The number of aryl methyl sites for hydroxylation is 1. The smallest absolute Gasteiger partial charge is 0.149 e. The lowest BCUT2D eigenvalue weighted by molar-refractivity contribution is 0.420. The van der Waals surface area contributed by atoms with Crippen LogP contribution in [0.1, 0.15) is 49.6 Å². The van der Waals surface area contributed by atoms with Gasteiger partial charge >= 0.3 is 0 Å². The lowest BCUT2D eigenvalue weighted by Gasteiger charge is -2.21. The van der Waals surface area contributed by atoms with Gasteiger partial charge in [-0.3, -0.25) is 0 Å². The Morgan fingerprint density at radius 2 is 2.00 bits per heavy atom. The number of aromatic nitrogens is 3. The number of aromatic hydroxyl groups is 2. The molecular formula is C15H20N4O2. The van der Waals surface area contributed by atoms with Gasteiger partial charge in [0, 0.05) is 24.6 Å². The van der Waals surface area contributed by atoms with Crippen LogP contribution in [0.15, 0.2) is 18.2 Å². The predicted octanol–water partition coefficient (Wildman–Crippen LogP) is 2.05. The summed E-state index contributed by atoms with van der Waals surface area (Å²) >= 11 is 0. The van der Waals surface area contributed by atoms with Crippen molar-refractivity contribution in [1.29, 1.82) is 0 Å². The highest BCUT2D eigenvalue weighted by Gasteiger charge is 2.23.